The first-order valence-electron chi connectivity index (χ1n) is 9.29. The lowest BCUT2D eigenvalue weighted by molar-refractivity contribution is -0.115. The topological polar surface area (TPSA) is 32.3 Å². The summed E-state index contributed by atoms with van der Waals surface area (Å²) in [7, 11) is 0. The number of rotatable bonds is 4. The zero-order valence-electron chi connectivity index (χ0n) is 14.7. The lowest BCUT2D eigenvalue weighted by Crippen LogP contribution is -2.21. The van der Waals surface area contributed by atoms with Crippen molar-refractivity contribution in [2.45, 2.75) is 31.6 Å². The Hall–Kier alpha value is -2.62. The first-order valence-corrected chi connectivity index (χ1v) is 9.29. The predicted octanol–water partition coefficient (Wildman–Crippen LogP) is 4.87. The van der Waals surface area contributed by atoms with Crippen molar-refractivity contribution in [1.29, 1.82) is 0 Å². The van der Waals surface area contributed by atoms with E-state index in [-0.39, 0.29) is 17.5 Å². The number of allylic oxidation sites excluding steroid dienone is 2. The van der Waals surface area contributed by atoms with Crippen molar-refractivity contribution in [3.63, 3.8) is 0 Å². The Kier molecular flexibility index (Phi) is 4.74. The maximum absolute atomic E-state index is 13.2. The zero-order valence-corrected chi connectivity index (χ0v) is 14.7. The summed E-state index contributed by atoms with van der Waals surface area (Å²) in [5, 5.41) is 3.49. The molecule has 0 aromatic heterocycles. The molecule has 0 spiro atoms. The molecule has 1 unspecified atom stereocenters. The number of carbonyl (C=O) groups is 1. The van der Waals surface area contributed by atoms with Crippen LogP contribution in [-0.4, -0.2) is 18.9 Å². The van der Waals surface area contributed by atoms with Gasteiger partial charge >= 0.3 is 0 Å². The number of nitrogens with one attached hydrogen (secondary N) is 1. The number of benzene rings is 2. The van der Waals surface area contributed by atoms with Crippen LogP contribution in [0.25, 0.3) is 0 Å². The Morgan fingerprint density at radius 2 is 1.69 bits per heavy atom. The number of nitrogens with zero attached hydrogens (tertiary/aromatic N) is 1. The van der Waals surface area contributed by atoms with Gasteiger partial charge in [-0.1, -0.05) is 24.3 Å². The van der Waals surface area contributed by atoms with Crippen molar-refractivity contribution >= 4 is 17.2 Å². The van der Waals surface area contributed by atoms with Gasteiger partial charge in [-0.2, -0.15) is 0 Å². The summed E-state index contributed by atoms with van der Waals surface area (Å²) in [5.41, 5.74) is 4.19. The molecule has 1 aliphatic heterocycles. The zero-order chi connectivity index (χ0) is 17.9. The SMILES string of the molecule is O=C1C=C(Nc2ccccc2N2CCCC2)CC(c2ccc(F)cc2)C1. The Morgan fingerprint density at radius 1 is 0.962 bits per heavy atom. The largest absolute Gasteiger partial charge is 0.370 e. The Labute approximate surface area is 153 Å². The lowest BCUT2D eigenvalue weighted by atomic mass is 9.85. The minimum Gasteiger partial charge on any atom is -0.370 e. The van der Waals surface area contributed by atoms with Crippen LogP contribution in [0.2, 0.25) is 0 Å². The first kappa shape index (κ1) is 16.8. The second-order valence-corrected chi connectivity index (χ2v) is 7.13. The maximum Gasteiger partial charge on any atom is 0.158 e. The van der Waals surface area contributed by atoms with Crippen molar-refractivity contribution in [3.05, 3.63) is 71.7 Å². The van der Waals surface area contributed by atoms with Crippen LogP contribution in [0.15, 0.2) is 60.3 Å². The molecule has 26 heavy (non-hydrogen) atoms. The van der Waals surface area contributed by atoms with Gasteiger partial charge in [0, 0.05) is 31.3 Å². The number of carbonyl (C=O) groups excluding carboxylic acids is 1. The van der Waals surface area contributed by atoms with Crippen molar-refractivity contribution in [1.82, 2.24) is 0 Å². The summed E-state index contributed by atoms with van der Waals surface area (Å²) in [6, 6.07) is 14.8. The molecule has 2 aromatic carbocycles. The number of hydrogen-bond acceptors (Lipinski definition) is 3. The molecule has 0 amide bonds. The summed E-state index contributed by atoms with van der Waals surface area (Å²) in [5.74, 6) is -0.0365. The van der Waals surface area contributed by atoms with Crippen molar-refractivity contribution in [2.24, 2.45) is 0 Å². The van der Waals surface area contributed by atoms with E-state index in [2.05, 4.69) is 28.4 Å². The summed E-state index contributed by atoms with van der Waals surface area (Å²) in [6.07, 6.45) is 5.40. The highest BCUT2D eigenvalue weighted by molar-refractivity contribution is 5.93. The maximum atomic E-state index is 13.2. The van der Waals surface area contributed by atoms with E-state index in [4.69, 9.17) is 0 Å². The molecule has 1 N–H and O–H groups in total. The quantitative estimate of drug-likeness (QED) is 0.854. The third-order valence-electron chi connectivity index (χ3n) is 5.24. The Balaban J connectivity index is 1.54. The molecule has 0 bridgehead atoms. The van der Waals surface area contributed by atoms with Crippen LogP contribution in [-0.2, 0) is 4.79 Å². The molecule has 1 aliphatic carbocycles. The van der Waals surface area contributed by atoms with Crippen LogP contribution >= 0.6 is 0 Å². The average molecular weight is 350 g/mol. The highest BCUT2D eigenvalue weighted by Crippen LogP contribution is 2.35. The van der Waals surface area contributed by atoms with Gasteiger partial charge < -0.3 is 10.2 Å². The molecule has 4 rings (SSSR count). The molecule has 4 heteroatoms. The predicted molar refractivity (Wildman–Crippen MR) is 103 cm³/mol. The molecule has 0 saturated carbocycles. The summed E-state index contributed by atoms with van der Waals surface area (Å²) >= 11 is 0. The van der Waals surface area contributed by atoms with Crippen LogP contribution in [0, 0.1) is 5.82 Å². The van der Waals surface area contributed by atoms with Gasteiger partial charge in [-0.3, -0.25) is 4.79 Å². The Bertz CT molecular complexity index is 822. The number of anilines is 2. The van der Waals surface area contributed by atoms with E-state index in [1.54, 1.807) is 18.2 Å². The second-order valence-electron chi connectivity index (χ2n) is 7.13. The van der Waals surface area contributed by atoms with Gasteiger partial charge in [0.25, 0.3) is 0 Å². The van der Waals surface area contributed by atoms with Crippen LogP contribution in [0.3, 0.4) is 0 Å². The number of para-hydroxylation sites is 2. The van der Waals surface area contributed by atoms with E-state index in [9.17, 15) is 9.18 Å². The van der Waals surface area contributed by atoms with Gasteiger partial charge in [-0.15, -0.1) is 0 Å². The third kappa shape index (κ3) is 3.64. The van der Waals surface area contributed by atoms with Gasteiger partial charge in [0.05, 0.1) is 11.4 Å². The second kappa shape index (κ2) is 7.32. The Morgan fingerprint density at radius 3 is 2.46 bits per heavy atom. The standard InChI is InChI=1S/C22H23FN2O/c23-18-9-7-16(8-10-18)17-13-19(15-20(26)14-17)24-21-5-1-2-6-22(21)25-11-3-4-12-25/h1-2,5-10,15,17,24H,3-4,11-14H2. The number of hydrogen-bond donors (Lipinski definition) is 1. The van der Waals surface area contributed by atoms with E-state index >= 15 is 0 Å². The molecule has 2 aromatic rings. The smallest absolute Gasteiger partial charge is 0.158 e. The number of halogens is 1. The molecular formula is C22H23FN2O. The van der Waals surface area contributed by atoms with E-state index in [0.29, 0.717) is 6.42 Å². The third-order valence-corrected chi connectivity index (χ3v) is 5.24. The molecular weight excluding hydrogens is 327 g/mol. The van der Waals surface area contributed by atoms with Crippen LogP contribution in [0.5, 0.6) is 0 Å². The summed E-state index contributed by atoms with van der Waals surface area (Å²) in [4.78, 5) is 14.6. The van der Waals surface area contributed by atoms with Gasteiger partial charge in [-0.25, -0.2) is 4.39 Å². The van der Waals surface area contributed by atoms with Crippen molar-refractivity contribution in [2.75, 3.05) is 23.3 Å². The van der Waals surface area contributed by atoms with Gasteiger partial charge in [0.15, 0.2) is 5.78 Å². The van der Waals surface area contributed by atoms with Crippen LogP contribution < -0.4 is 10.2 Å². The average Bonchev–Trinajstić information content (AvgIpc) is 3.17. The fraction of sp³-hybridized carbons (Fsp3) is 0.318. The van der Waals surface area contributed by atoms with Gasteiger partial charge in [0.2, 0.25) is 0 Å². The van der Waals surface area contributed by atoms with E-state index in [0.717, 1.165) is 36.5 Å². The van der Waals surface area contributed by atoms with E-state index in [1.807, 2.05) is 6.07 Å². The van der Waals surface area contributed by atoms with E-state index in [1.165, 1.54) is 30.7 Å². The molecule has 2 aliphatic rings. The fourth-order valence-electron chi connectivity index (χ4n) is 3.94. The normalized spacial score (nSPS) is 20.2. The van der Waals surface area contributed by atoms with Crippen molar-refractivity contribution < 1.29 is 9.18 Å². The minimum absolute atomic E-state index is 0.0922. The molecule has 134 valence electrons. The summed E-state index contributed by atoms with van der Waals surface area (Å²) < 4.78 is 13.2. The van der Waals surface area contributed by atoms with Crippen molar-refractivity contribution in [3.8, 4) is 0 Å². The fourth-order valence-corrected chi connectivity index (χ4v) is 3.94. The van der Waals surface area contributed by atoms with Crippen LogP contribution in [0.4, 0.5) is 15.8 Å². The van der Waals surface area contributed by atoms with Gasteiger partial charge in [0.1, 0.15) is 5.82 Å². The molecule has 1 heterocycles. The first-order chi connectivity index (χ1) is 12.7. The van der Waals surface area contributed by atoms with Gasteiger partial charge in [-0.05, 0) is 55.0 Å². The molecule has 3 nitrogen and oxygen atoms in total. The highest BCUT2D eigenvalue weighted by Gasteiger charge is 2.23. The molecule has 0 radical (unpaired) electrons. The van der Waals surface area contributed by atoms with Crippen LogP contribution in [0.1, 0.15) is 37.2 Å². The monoisotopic (exact) mass is 350 g/mol. The molecule has 1 fully saturated rings. The number of ketones is 1. The minimum atomic E-state index is -0.246. The summed E-state index contributed by atoms with van der Waals surface area (Å²) in [6.45, 7) is 2.16. The highest BCUT2D eigenvalue weighted by atomic mass is 19.1. The molecule has 1 atom stereocenters. The lowest BCUT2D eigenvalue weighted by Gasteiger charge is -2.26. The molecule has 1 saturated heterocycles. The van der Waals surface area contributed by atoms with E-state index < -0.39 is 0 Å².